The van der Waals surface area contributed by atoms with Gasteiger partial charge in [0.1, 0.15) is 0 Å². The third kappa shape index (κ3) is 3.33. The summed E-state index contributed by atoms with van der Waals surface area (Å²) >= 11 is 0. The maximum absolute atomic E-state index is 3.85. The van der Waals surface area contributed by atoms with Crippen molar-refractivity contribution in [3.05, 3.63) is 0 Å². The lowest BCUT2D eigenvalue weighted by Gasteiger charge is -2.37. The van der Waals surface area contributed by atoms with Crippen molar-refractivity contribution in [2.24, 2.45) is 17.8 Å². The van der Waals surface area contributed by atoms with Gasteiger partial charge in [-0.15, -0.1) is 0 Å². The van der Waals surface area contributed by atoms with Crippen LogP contribution in [0.4, 0.5) is 0 Å². The fourth-order valence-corrected chi connectivity index (χ4v) is 4.13. The number of nitrogens with one attached hydrogen (secondary N) is 1. The molecular weight excluding hydrogens is 232 g/mol. The first kappa shape index (κ1) is 13.9. The van der Waals surface area contributed by atoms with Crippen LogP contribution in [0, 0.1) is 17.8 Å². The van der Waals surface area contributed by atoms with Crippen LogP contribution in [-0.2, 0) is 0 Å². The van der Waals surface area contributed by atoms with Crippen LogP contribution in [0.15, 0.2) is 0 Å². The second-order valence-corrected chi connectivity index (χ2v) is 7.34. The van der Waals surface area contributed by atoms with E-state index < -0.39 is 0 Å². The molecule has 110 valence electrons. The Labute approximate surface area is 119 Å². The lowest BCUT2D eigenvalue weighted by atomic mass is 9.91. The molecule has 1 heterocycles. The summed E-state index contributed by atoms with van der Waals surface area (Å²) in [5.74, 6) is 3.24. The summed E-state index contributed by atoms with van der Waals surface area (Å²) in [5.41, 5.74) is 0.397. The predicted molar refractivity (Wildman–Crippen MR) is 81.3 cm³/mol. The molecule has 0 amide bonds. The smallest absolute Gasteiger partial charge is 0.0303 e. The molecule has 2 nitrogen and oxygen atoms in total. The van der Waals surface area contributed by atoms with Crippen molar-refractivity contribution in [3.63, 3.8) is 0 Å². The highest BCUT2D eigenvalue weighted by Crippen LogP contribution is 2.49. The van der Waals surface area contributed by atoms with Crippen LogP contribution in [0.5, 0.6) is 0 Å². The van der Waals surface area contributed by atoms with E-state index in [0.717, 1.165) is 17.8 Å². The van der Waals surface area contributed by atoms with Crippen molar-refractivity contribution in [3.8, 4) is 0 Å². The number of hydrogen-bond acceptors (Lipinski definition) is 2. The van der Waals surface area contributed by atoms with Crippen molar-refractivity contribution in [1.29, 1.82) is 0 Å². The van der Waals surface area contributed by atoms with Crippen LogP contribution < -0.4 is 5.32 Å². The molecule has 2 aliphatic carbocycles. The third-order valence-electron chi connectivity index (χ3n) is 5.95. The molecule has 3 fully saturated rings. The largest absolute Gasteiger partial charge is 0.310 e. The molecule has 0 aromatic heterocycles. The highest BCUT2D eigenvalue weighted by Gasteiger charge is 2.42. The van der Waals surface area contributed by atoms with Gasteiger partial charge in [0.05, 0.1) is 0 Å². The maximum atomic E-state index is 3.85. The quantitative estimate of drug-likeness (QED) is 0.792. The summed E-state index contributed by atoms with van der Waals surface area (Å²) < 4.78 is 0. The van der Waals surface area contributed by atoms with Gasteiger partial charge < -0.3 is 10.2 Å². The van der Waals surface area contributed by atoms with E-state index in [4.69, 9.17) is 0 Å². The molecule has 1 aliphatic heterocycles. The van der Waals surface area contributed by atoms with Gasteiger partial charge in [0, 0.05) is 18.6 Å². The summed E-state index contributed by atoms with van der Waals surface area (Å²) in [5, 5.41) is 3.85. The minimum absolute atomic E-state index is 0.397. The zero-order valence-electron chi connectivity index (χ0n) is 13.0. The Morgan fingerprint density at radius 1 is 1.11 bits per heavy atom. The van der Waals surface area contributed by atoms with Crippen LogP contribution in [0.25, 0.3) is 0 Å². The van der Waals surface area contributed by atoms with Gasteiger partial charge in [0.15, 0.2) is 0 Å². The molecule has 0 unspecified atom stereocenters. The zero-order chi connectivity index (χ0) is 13.3. The van der Waals surface area contributed by atoms with Gasteiger partial charge in [-0.2, -0.15) is 0 Å². The van der Waals surface area contributed by atoms with Crippen LogP contribution in [0.3, 0.4) is 0 Å². The Morgan fingerprint density at radius 3 is 2.26 bits per heavy atom. The number of nitrogens with zero attached hydrogens (tertiary/aromatic N) is 1. The molecule has 0 aromatic carbocycles. The van der Waals surface area contributed by atoms with Crippen molar-refractivity contribution >= 4 is 0 Å². The van der Waals surface area contributed by atoms with Gasteiger partial charge >= 0.3 is 0 Å². The highest BCUT2D eigenvalue weighted by atomic mass is 15.2. The van der Waals surface area contributed by atoms with E-state index in [1.807, 2.05) is 0 Å². The molecular formula is C17H32N2. The zero-order valence-corrected chi connectivity index (χ0v) is 13.0. The summed E-state index contributed by atoms with van der Waals surface area (Å²) in [6.45, 7) is 9.95. The molecule has 3 aliphatic rings. The first-order valence-corrected chi connectivity index (χ1v) is 8.74. The fourth-order valence-electron chi connectivity index (χ4n) is 4.13. The molecule has 0 aromatic rings. The highest BCUT2D eigenvalue weighted by molar-refractivity contribution is 4.96. The Bertz CT molecular complexity index is 278. The van der Waals surface area contributed by atoms with Crippen molar-refractivity contribution in [2.75, 3.05) is 26.2 Å². The van der Waals surface area contributed by atoms with Crippen molar-refractivity contribution in [1.82, 2.24) is 10.2 Å². The molecule has 0 radical (unpaired) electrons. The van der Waals surface area contributed by atoms with E-state index in [2.05, 4.69) is 24.1 Å². The van der Waals surface area contributed by atoms with E-state index in [9.17, 15) is 0 Å². The monoisotopic (exact) mass is 264 g/mol. The lowest BCUT2D eigenvalue weighted by Crippen LogP contribution is -2.51. The van der Waals surface area contributed by atoms with E-state index in [-0.39, 0.29) is 0 Å². The first-order chi connectivity index (χ1) is 9.26. The average molecular weight is 264 g/mol. The van der Waals surface area contributed by atoms with Gasteiger partial charge in [0.25, 0.3) is 0 Å². The summed E-state index contributed by atoms with van der Waals surface area (Å²) in [7, 11) is 0. The Kier molecular flexibility index (Phi) is 4.19. The topological polar surface area (TPSA) is 15.3 Å². The Hall–Kier alpha value is -0.0800. The van der Waals surface area contributed by atoms with Gasteiger partial charge in [-0.05, 0) is 75.8 Å². The summed E-state index contributed by atoms with van der Waals surface area (Å²) in [6.07, 6.45) is 10.00. The van der Waals surface area contributed by atoms with Crippen LogP contribution >= 0.6 is 0 Å². The maximum Gasteiger partial charge on any atom is 0.0303 e. The molecule has 1 saturated heterocycles. The minimum Gasteiger partial charge on any atom is -0.310 e. The van der Waals surface area contributed by atoms with Gasteiger partial charge in [-0.3, -0.25) is 0 Å². The molecule has 3 rings (SSSR count). The van der Waals surface area contributed by atoms with Gasteiger partial charge in [-0.25, -0.2) is 0 Å². The second-order valence-electron chi connectivity index (χ2n) is 7.34. The lowest BCUT2D eigenvalue weighted by molar-refractivity contribution is 0.159. The summed E-state index contributed by atoms with van der Waals surface area (Å²) in [6, 6.07) is 0. The normalized spacial score (nSPS) is 28.6. The molecule has 0 bridgehead atoms. The van der Waals surface area contributed by atoms with Crippen LogP contribution in [0.2, 0.25) is 0 Å². The fraction of sp³-hybridized carbons (Fsp3) is 1.00. The molecule has 2 saturated carbocycles. The van der Waals surface area contributed by atoms with Crippen LogP contribution in [0.1, 0.15) is 58.8 Å². The molecule has 19 heavy (non-hydrogen) atoms. The van der Waals surface area contributed by atoms with E-state index in [1.165, 1.54) is 71.1 Å². The summed E-state index contributed by atoms with van der Waals surface area (Å²) in [4.78, 5) is 2.81. The molecule has 2 heteroatoms. The molecule has 1 N–H and O–H groups in total. The Balaban J connectivity index is 1.61. The standard InChI is InChI=1S/C17H32N2/c1-3-17(4-2)13-19(11-5-10-18-17)12-16(14-6-7-14)15-8-9-15/h14-16,18H,3-13H2,1-2H3. The predicted octanol–water partition coefficient (Wildman–Crippen LogP) is 3.28. The minimum atomic E-state index is 0.397. The third-order valence-corrected chi connectivity index (χ3v) is 5.95. The molecule has 0 atom stereocenters. The second kappa shape index (κ2) is 5.73. The van der Waals surface area contributed by atoms with E-state index in [0.29, 0.717) is 5.54 Å². The SMILES string of the molecule is CCC1(CC)CN(CC(C2CC2)C2CC2)CCCN1. The number of hydrogen-bond donors (Lipinski definition) is 1. The van der Waals surface area contributed by atoms with Crippen LogP contribution in [-0.4, -0.2) is 36.6 Å². The Morgan fingerprint density at radius 2 is 1.74 bits per heavy atom. The average Bonchev–Trinajstić information content (AvgIpc) is 3.32. The number of rotatable bonds is 6. The van der Waals surface area contributed by atoms with E-state index >= 15 is 0 Å². The van der Waals surface area contributed by atoms with E-state index in [1.54, 1.807) is 0 Å². The van der Waals surface area contributed by atoms with Gasteiger partial charge in [0.2, 0.25) is 0 Å². The van der Waals surface area contributed by atoms with Crippen molar-refractivity contribution in [2.45, 2.75) is 64.3 Å². The van der Waals surface area contributed by atoms with Gasteiger partial charge in [-0.1, -0.05) is 13.8 Å². The van der Waals surface area contributed by atoms with Crippen molar-refractivity contribution < 1.29 is 0 Å². The molecule has 0 spiro atoms. The first-order valence-electron chi connectivity index (χ1n) is 8.74.